The number of rotatable bonds is 10. The van der Waals surface area contributed by atoms with Crippen LogP contribution >= 0.6 is 0 Å². The molecule has 0 saturated heterocycles. The highest BCUT2D eigenvalue weighted by Crippen LogP contribution is 2.60. The van der Waals surface area contributed by atoms with Gasteiger partial charge in [-0.3, -0.25) is 4.55 Å². The lowest BCUT2D eigenvalue weighted by Gasteiger charge is -2.49. The Kier molecular flexibility index (Phi) is 8.98. The number of methoxy groups -OCH3 is 2. The number of aromatic hydroxyl groups is 1. The van der Waals surface area contributed by atoms with Crippen molar-refractivity contribution in [2.24, 2.45) is 22.2 Å². The first-order chi connectivity index (χ1) is 14.7. The van der Waals surface area contributed by atoms with E-state index in [9.17, 15) is 18.1 Å². The molecule has 0 aliphatic heterocycles. The van der Waals surface area contributed by atoms with Crippen molar-refractivity contribution in [3.05, 3.63) is 11.1 Å². The van der Waals surface area contributed by atoms with E-state index in [2.05, 4.69) is 62.3 Å². The summed E-state index contributed by atoms with van der Waals surface area (Å²) in [6, 6.07) is 0. The highest BCUT2D eigenvalue weighted by molar-refractivity contribution is 7.86. The maximum Gasteiger partial charge on any atom is 0.295 e. The van der Waals surface area contributed by atoms with Crippen LogP contribution in [0.25, 0.3) is 0 Å². The Morgan fingerprint density at radius 2 is 1.39 bits per heavy atom. The molecule has 6 nitrogen and oxygen atoms in total. The normalized spacial score (nSPS) is 14.5. The molecule has 1 atom stereocenters. The van der Waals surface area contributed by atoms with E-state index in [1.54, 1.807) is 6.92 Å². The average molecular weight is 487 g/mol. The lowest BCUT2D eigenvalue weighted by Crippen LogP contribution is -2.39. The van der Waals surface area contributed by atoms with Gasteiger partial charge in [-0.15, -0.1) is 0 Å². The molecule has 0 radical (unpaired) electrons. The quantitative estimate of drug-likeness (QED) is 0.352. The van der Waals surface area contributed by atoms with Crippen LogP contribution in [0.1, 0.15) is 99.1 Å². The largest absolute Gasteiger partial charge is 0.504 e. The minimum Gasteiger partial charge on any atom is -0.504 e. The molecule has 0 heterocycles. The van der Waals surface area contributed by atoms with Crippen LogP contribution in [0, 0.1) is 22.2 Å². The molecule has 192 valence electrons. The van der Waals surface area contributed by atoms with Gasteiger partial charge in [0, 0.05) is 11.1 Å². The van der Waals surface area contributed by atoms with Gasteiger partial charge >= 0.3 is 0 Å². The summed E-state index contributed by atoms with van der Waals surface area (Å²) in [5.41, 5.74) is -0.275. The van der Waals surface area contributed by atoms with Gasteiger partial charge in [0.05, 0.1) is 14.2 Å². The summed E-state index contributed by atoms with van der Waals surface area (Å²) < 4.78 is 47.4. The van der Waals surface area contributed by atoms with Crippen LogP contribution in [0.5, 0.6) is 17.2 Å². The third-order valence-electron chi connectivity index (χ3n) is 6.26. The molecular formula is C26H46O6S. The molecule has 1 aromatic rings. The minimum atomic E-state index is -4.69. The van der Waals surface area contributed by atoms with Crippen molar-refractivity contribution >= 4 is 10.1 Å². The summed E-state index contributed by atoms with van der Waals surface area (Å²) in [6.45, 7) is 21.1. The van der Waals surface area contributed by atoms with Gasteiger partial charge in [0.2, 0.25) is 5.75 Å². The van der Waals surface area contributed by atoms with E-state index in [1.165, 1.54) is 14.2 Å². The number of hydrogen-bond acceptors (Lipinski definition) is 5. The van der Waals surface area contributed by atoms with E-state index < -0.39 is 15.5 Å². The van der Waals surface area contributed by atoms with Crippen molar-refractivity contribution in [3.63, 3.8) is 0 Å². The van der Waals surface area contributed by atoms with Gasteiger partial charge in [0.15, 0.2) is 11.5 Å². The van der Waals surface area contributed by atoms with E-state index in [0.29, 0.717) is 11.5 Å². The second-order valence-electron chi connectivity index (χ2n) is 12.2. The summed E-state index contributed by atoms with van der Waals surface area (Å²) in [6.07, 6.45) is 1.82. The first-order valence-electron chi connectivity index (χ1n) is 11.7. The lowest BCUT2D eigenvalue weighted by atomic mass is 9.56. The van der Waals surface area contributed by atoms with Crippen LogP contribution in [0.3, 0.4) is 0 Å². The van der Waals surface area contributed by atoms with Crippen LogP contribution < -0.4 is 9.47 Å². The molecule has 0 bridgehead atoms. The fourth-order valence-corrected chi connectivity index (χ4v) is 7.54. The maximum atomic E-state index is 12.9. The van der Waals surface area contributed by atoms with Crippen LogP contribution in [0.15, 0.2) is 4.90 Å². The summed E-state index contributed by atoms with van der Waals surface area (Å²) in [4.78, 5) is -0.260. The summed E-state index contributed by atoms with van der Waals surface area (Å²) in [5.74, 6) is -0.0457. The topological polar surface area (TPSA) is 93.1 Å². The number of hydrogen-bond donors (Lipinski definition) is 2. The second kappa shape index (κ2) is 10.0. The summed E-state index contributed by atoms with van der Waals surface area (Å²) >= 11 is 0. The zero-order valence-electron chi connectivity index (χ0n) is 22.7. The van der Waals surface area contributed by atoms with Crippen LogP contribution in [0.2, 0.25) is 0 Å². The highest BCUT2D eigenvalue weighted by atomic mass is 32.2. The molecule has 0 spiro atoms. The number of benzene rings is 1. The van der Waals surface area contributed by atoms with Gasteiger partial charge in [0.1, 0.15) is 4.90 Å². The van der Waals surface area contributed by atoms with E-state index in [4.69, 9.17) is 9.47 Å². The SMILES string of the molecule is CCc1c(O)c(OC)c(OC)c(C(C(C)(C)CC(C)C)C(C)(C)CC(C)(C)C)c1S(=O)(=O)O. The Morgan fingerprint density at radius 1 is 0.909 bits per heavy atom. The smallest absolute Gasteiger partial charge is 0.295 e. The Morgan fingerprint density at radius 3 is 1.73 bits per heavy atom. The molecule has 0 saturated carbocycles. The Bertz CT molecular complexity index is 937. The van der Waals surface area contributed by atoms with E-state index in [1.807, 2.05) is 0 Å². The van der Waals surface area contributed by atoms with Crippen LogP contribution in [-0.2, 0) is 16.5 Å². The zero-order valence-corrected chi connectivity index (χ0v) is 23.5. The number of phenols is 1. The molecule has 1 aromatic carbocycles. The molecule has 0 aliphatic rings. The van der Waals surface area contributed by atoms with Gasteiger partial charge in [-0.2, -0.15) is 8.42 Å². The van der Waals surface area contributed by atoms with Crippen LogP contribution in [0.4, 0.5) is 0 Å². The molecular weight excluding hydrogens is 440 g/mol. The lowest BCUT2D eigenvalue weighted by molar-refractivity contribution is 0.0750. The van der Waals surface area contributed by atoms with Crippen LogP contribution in [-0.4, -0.2) is 32.3 Å². The molecule has 0 aliphatic carbocycles. The van der Waals surface area contributed by atoms with Gasteiger partial charge in [-0.05, 0) is 47.3 Å². The van der Waals surface area contributed by atoms with Crippen molar-refractivity contribution in [2.45, 2.75) is 99.3 Å². The molecule has 1 rings (SSSR count). The average Bonchev–Trinajstić information content (AvgIpc) is 2.57. The van der Waals surface area contributed by atoms with Gasteiger partial charge < -0.3 is 14.6 Å². The summed E-state index contributed by atoms with van der Waals surface area (Å²) in [5, 5.41) is 10.9. The fraction of sp³-hybridized carbons (Fsp3) is 0.769. The first kappa shape index (κ1) is 29.6. The molecule has 0 aromatic heterocycles. The molecule has 0 fully saturated rings. The first-order valence-corrected chi connectivity index (χ1v) is 13.2. The zero-order chi connectivity index (χ0) is 26.2. The van der Waals surface area contributed by atoms with Gasteiger partial charge in [-0.25, -0.2) is 0 Å². The van der Waals surface area contributed by atoms with Gasteiger partial charge in [0.25, 0.3) is 10.1 Å². The van der Waals surface area contributed by atoms with Crippen molar-refractivity contribution in [3.8, 4) is 17.2 Å². The standard InChI is InChI=1S/C26H46O6S/c1-13-17-19(27)21(32-12)20(31-11)18(22(17)33(28,29)30)23(25(7,8)14-16(2)3)26(9,10)15-24(4,5)6/h16,23,27H,13-15H2,1-12H3,(H,28,29,30). The molecule has 33 heavy (non-hydrogen) atoms. The van der Waals surface area contributed by atoms with Crippen molar-refractivity contribution in [1.82, 2.24) is 0 Å². The summed E-state index contributed by atoms with van der Waals surface area (Å²) in [7, 11) is -1.84. The predicted molar refractivity (Wildman–Crippen MR) is 134 cm³/mol. The Balaban J connectivity index is 4.37. The van der Waals surface area contributed by atoms with E-state index in [0.717, 1.165) is 12.8 Å². The van der Waals surface area contributed by atoms with Crippen molar-refractivity contribution in [1.29, 1.82) is 0 Å². The monoisotopic (exact) mass is 486 g/mol. The van der Waals surface area contributed by atoms with Crippen molar-refractivity contribution < 1.29 is 27.6 Å². The van der Waals surface area contributed by atoms with E-state index >= 15 is 0 Å². The molecule has 2 N–H and O–H groups in total. The van der Waals surface area contributed by atoms with E-state index in [-0.39, 0.29) is 50.9 Å². The third-order valence-corrected chi connectivity index (χ3v) is 7.24. The molecule has 7 heteroatoms. The Labute approximate surface area is 201 Å². The molecule has 1 unspecified atom stereocenters. The number of ether oxygens (including phenoxy) is 2. The second-order valence-corrected chi connectivity index (χ2v) is 13.6. The molecule has 0 amide bonds. The third kappa shape index (κ3) is 6.56. The van der Waals surface area contributed by atoms with Gasteiger partial charge in [-0.1, -0.05) is 69.2 Å². The van der Waals surface area contributed by atoms with Crippen molar-refractivity contribution in [2.75, 3.05) is 14.2 Å². The fourth-order valence-electron chi connectivity index (χ4n) is 6.50. The number of phenolic OH excluding ortho intramolecular Hbond substituents is 1. The highest BCUT2D eigenvalue weighted by Gasteiger charge is 2.48. The maximum absolute atomic E-state index is 12.9. The predicted octanol–water partition coefficient (Wildman–Crippen LogP) is 6.84. The minimum absolute atomic E-state index is 0.0320. The Hall–Kier alpha value is -1.47.